The third-order valence-electron chi connectivity index (χ3n) is 1.98. The number of hydrogen-bond donors (Lipinski definition) is 1. The summed E-state index contributed by atoms with van der Waals surface area (Å²) in [6.07, 6.45) is 3.62. The van der Waals surface area contributed by atoms with Gasteiger partial charge < -0.3 is 0 Å². The first-order chi connectivity index (χ1) is 6.17. The minimum Gasteiger partial charge on any atom is -0.215 e. The molecule has 74 valence electrons. The predicted molar refractivity (Wildman–Crippen MR) is 49.4 cm³/mol. The Bertz CT molecular complexity index is 288. The molecule has 1 fully saturated rings. The van der Waals surface area contributed by atoms with E-state index in [9.17, 15) is 8.42 Å². The maximum Gasteiger partial charge on any atom is 0.214 e. The Kier molecular flexibility index (Phi) is 3.70. The molecule has 0 radical (unpaired) electrons. The quantitative estimate of drug-likeness (QED) is 0.646. The molecule has 0 unspecified atom stereocenters. The van der Waals surface area contributed by atoms with Gasteiger partial charge in [-0.25, -0.2) is 13.1 Å². The van der Waals surface area contributed by atoms with E-state index in [2.05, 4.69) is 4.72 Å². The highest BCUT2D eigenvalue weighted by molar-refractivity contribution is 7.90. The van der Waals surface area contributed by atoms with Gasteiger partial charge in [-0.1, -0.05) is 0 Å². The van der Waals surface area contributed by atoms with Gasteiger partial charge >= 0.3 is 0 Å². The maximum atomic E-state index is 11.2. The van der Waals surface area contributed by atoms with Gasteiger partial charge in [-0.3, -0.25) is 0 Å². The monoisotopic (exact) mass is 202 g/mol. The topological polar surface area (TPSA) is 70.0 Å². The van der Waals surface area contributed by atoms with E-state index < -0.39 is 10.0 Å². The van der Waals surface area contributed by atoms with E-state index in [4.69, 9.17) is 5.26 Å². The first-order valence-electron chi connectivity index (χ1n) is 4.52. The number of unbranched alkanes of at least 4 members (excludes halogenated alkanes) is 2. The van der Waals surface area contributed by atoms with E-state index in [0.29, 0.717) is 13.0 Å². The fourth-order valence-electron chi connectivity index (χ4n) is 1.04. The number of nitriles is 1. The van der Waals surface area contributed by atoms with Crippen molar-refractivity contribution in [1.82, 2.24) is 4.72 Å². The Morgan fingerprint density at radius 3 is 2.62 bits per heavy atom. The van der Waals surface area contributed by atoms with Gasteiger partial charge in [-0.2, -0.15) is 5.26 Å². The lowest BCUT2D eigenvalue weighted by molar-refractivity contribution is 0.576. The van der Waals surface area contributed by atoms with Gasteiger partial charge in [0, 0.05) is 13.0 Å². The molecule has 0 aromatic heterocycles. The molecule has 0 saturated heterocycles. The Hall–Kier alpha value is -0.600. The zero-order chi connectivity index (χ0) is 9.73. The van der Waals surface area contributed by atoms with Crippen molar-refractivity contribution in [1.29, 1.82) is 5.26 Å². The van der Waals surface area contributed by atoms with Crippen molar-refractivity contribution in [3.05, 3.63) is 0 Å². The average Bonchev–Trinajstić information content (AvgIpc) is 2.86. The summed E-state index contributed by atoms with van der Waals surface area (Å²) in [6.45, 7) is 0.473. The fraction of sp³-hybridized carbons (Fsp3) is 0.875. The van der Waals surface area contributed by atoms with Crippen LogP contribution in [-0.2, 0) is 10.0 Å². The first-order valence-corrected chi connectivity index (χ1v) is 6.07. The highest BCUT2D eigenvalue weighted by Crippen LogP contribution is 2.27. The minimum atomic E-state index is -3.01. The zero-order valence-corrected chi connectivity index (χ0v) is 8.31. The van der Waals surface area contributed by atoms with Crippen molar-refractivity contribution in [2.75, 3.05) is 6.54 Å². The lowest BCUT2D eigenvalue weighted by Gasteiger charge is -2.03. The molecule has 1 N–H and O–H groups in total. The van der Waals surface area contributed by atoms with Crippen molar-refractivity contribution in [2.24, 2.45) is 0 Å². The Balaban J connectivity index is 2.09. The third-order valence-corrected chi connectivity index (χ3v) is 3.94. The second kappa shape index (κ2) is 4.58. The third kappa shape index (κ3) is 3.75. The summed E-state index contributed by atoms with van der Waals surface area (Å²) in [7, 11) is -3.01. The molecule has 0 heterocycles. The molecule has 0 aromatic rings. The van der Waals surface area contributed by atoms with E-state index in [0.717, 1.165) is 25.7 Å². The van der Waals surface area contributed by atoms with Crippen LogP contribution in [0.5, 0.6) is 0 Å². The van der Waals surface area contributed by atoms with Gasteiger partial charge in [0.05, 0.1) is 11.3 Å². The summed E-state index contributed by atoms with van der Waals surface area (Å²) in [4.78, 5) is 0. The van der Waals surface area contributed by atoms with Gasteiger partial charge in [0.2, 0.25) is 10.0 Å². The molecule has 1 saturated carbocycles. The second-order valence-electron chi connectivity index (χ2n) is 3.25. The number of rotatable bonds is 6. The van der Waals surface area contributed by atoms with Crippen LogP contribution in [0, 0.1) is 11.3 Å². The molecule has 5 heteroatoms. The lowest BCUT2D eigenvalue weighted by atomic mass is 10.2. The van der Waals surface area contributed by atoms with Crippen molar-refractivity contribution >= 4 is 10.0 Å². The summed E-state index contributed by atoms with van der Waals surface area (Å²) in [5, 5.41) is 8.10. The molecule has 0 atom stereocenters. The molecule has 0 aliphatic heterocycles. The van der Waals surface area contributed by atoms with E-state index in [1.807, 2.05) is 6.07 Å². The Morgan fingerprint density at radius 2 is 2.08 bits per heavy atom. The van der Waals surface area contributed by atoms with Crippen LogP contribution in [0.2, 0.25) is 0 Å². The molecular formula is C8H14N2O2S. The van der Waals surface area contributed by atoms with Crippen LogP contribution in [0.25, 0.3) is 0 Å². The number of nitrogens with zero attached hydrogens (tertiary/aromatic N) is 1. The number of sulfonamides is 1. The molecule has 1 rings (SSSR count). The van der Waals surface area contributed by atoms with E-state index in [-0.39, 0.29) is 5.25 Å². The molecular weight excluding hydrogens is 188 g/mol. The summed E-state index contributed by atoms with van der Waals surface area (Å²) in [5.74, 6) is 0. The highest BCUT2D eigenvalue weighted by atomic mass is 32.2. The summed E-state index contributed by atoms with van der Waals surface area (Å²) < 4.78 is 25.0. The van der Waals surface area contributed by atoms with Crippen LogP contribution < -0.4 is 4.72 Å². The molecule has 1 aliphatic rings. The normalized spacial score (nSPS) is 16.8. The minimum absolute atomic E-state index is 0.136. The summed E-state index contributed by atoms with van der Waals surface area (Å²) >= 11 is 0. The molecule has 13 heavy (non-hydrogen) atoms. The number of hydrogen-bond acceptors (Lipinski definition) is 3. The van der Waals surface area contributed by atoms with Crippen LogP contribution in [0.1, 0.15) is 32.1 Å². The van der Waals surface area contributed by atoms with Gasteiger partial charge in [-0.05, 0) is 25.7 Å². The van der Waals surface area contributed by atoms with Crippen LogP contribution in [-0.4, -0.2) is 20.2 Å². The zero-order valence-electron chi connectivity index (χ0n) is 7.49. The fourth-order valence-corrected chi connectivity index (χ4v) is 2.46. The van der Waals surface area contributed by atoms with Gasteiger partial charge in [0.25, 0.3) is 0 Å². The summed E-state index contributed by atoms with van der Waals surface area (Å²) in [6, 6.07) is 2.02. The van der Waals surface area contributed by atoms with Crippen LogP contribution in [0.4, 0.5) is 0 Å². The molecule has 0 spiro atoms. The van der Waals surface area contributed by atoms with Crippen molar-refractivity contribution < 1.29 is 8.42 Å². The molecule has 4 nitrogen and oxygen atoms in total. The van der Waals surface area contributed by atoms with Gasteiger partial charge in [0.1, 0.15) is 0 Å². The lowest BCUT2D eigenvalue weighted by Crippen LogP contribution is -2.28. The second-order valence-corrected chi connectivity index (χ2v) is 5.30. The Morgan fingerprint density at radius 1 is 1.38 bits per heavy atom. The SMILES string of the molecule is N#CCCCCNS(=O)(=O)C1CC1. The maximum absolute atomic E-state index is 11.2. The average molecular weight is 202 g/mol. The van der Waals surface area contributed by atoms with Gasteiger partial charge in [0.15, 0.2) is 0 Å². The van der Waals surface area contributed by atoms with E-state index >= 15 is 0 Å². The largest absolute Gasteiger partial charge is 0.215 e. The predicted octanol–water partition coefficient (Wildman–Crippen LogP) is 0.762. The van der Waals surface area contributed by atoms with E-state index in [1.165, 1.54) is 0 Å². The summed E-state index contributed by atoms with van der Waals surface area (Å²) in [5.41, 5.74) is 0. The standard InChI is InChI=1S/C8H14N2O2S/c9-6-2-1-3-7-10-13(11,12)8-4-5-8/h8,10H,1-5,7H2. The van der Waals surface area contributed by atoms with Crippen molar-refractivity contribution in [2.45, 2.75) is 37.4 Å². The van der Waals surface area contributed by atoms with Crippen LogP contribution in [0.15, 0.2) is 0 Å². The van der Waals surface area contributed by atoms with Crippen LogP contribution >= 0.6 is 0 Å². The first kappa shape index (κ1) is 10.5. The molecule has 0 bridgehead atoms. The van der Waals surface area contributed by atoms with Crippen molar-refractivity contribution in [3.63, 3.8) is 0 Å². The molecule has 0 aromatic carbocycles. The van der Waals surface area contributed by atoms with E-state index in [1.54, 1.807) is 0 Å². The Labute approximate surface area is 79.0 Å². The number of nitrogens with one attached hydrogen (secondary N) is 1. The van der Waals surface area contributed by atoms with Crippen molar-refractivity contribution in [3.8, 4) is 6.07 Å². The van der Waals surface area contributed by atoms with Crippen LogP contribution in [0.3, 0.4) is 0 Å². The highest BCUT2D eigenvalue weighted by Gasteiger charge is 2.34. The smallest absolute Gasteiger partial charge is 0.214 e. The van der Waals surface area contributed by atoms with Gasteiger partial charge in [-0.15, -0.1) is 0 Å². The molecule has 0 amide bonds. The molecule has 1 aliphatic carbocycles.